The fourth-order valence-electron chi connectivity index (χ4n) is 5.40. The van der Waals surface area contributed by atoms with Crippen molar-refractivity contribution < 1.29 is 14.3 Å². The summed E-state index contributed by atoms with van der Waals surface area (Å²) in [5.41, 5.74) is 1.22. The van der Waals surface area contributed by atoms with Gasteiger partial charge in [0.15, 0.2) is 5.60 Å². The van der Waals surface area contributed by atoms with Crippen LogP contribution in [-0.2, 0) is 9.53 Å². The summed E-state index contributed by atoms with van der Waals surface area (Å²) in [6.45, 7) is 7.27. The van der Waals surface area contributed by atoms with E-state index in [2.05, 4.69) is 19.2 Å². The summed E-state index contributed by atoms with van der Waals surface area (Å²) >= 11 is 0. The van der Waals surface area contributed by atoms with Crippen molar-refractivity contribution in [2.75, 3.05) is 19.0 Å². The molecule has 0 spiro atoms. The Balaban J connectivity index is 1.68. The Labute approximate surface area is 137 Å². The molecule has 1 aromatic rings. The molecule has 4 nitrogen and oxygen atoms in total. The predicted molar refractivity (Wildman–Crippen MR) is 88.6 cm³/mol. The molecule has 3 aliphatic rings. The molecule has 1 saturated heterocycles. The highest BCUT2D eigenvalue weighted by atomic mass is 16.5. The molecule has 1 aliphatic heterocycles. The average Bonchev–Trinajstić information content (AvgIpc) is 2.99. The van der Waals surface area contributed by atoms with E-state index in [0.29, 0.717) is 18.3 Å². The first-order valence-corrected chi connectivity index (χ1v) is 8.46. The van der Waals surface area contributed by atoms with Crippen molar-refractivity contribution in [3.63, 3.8) is 0 Å². The summed E-state index contributed by atoms with van der Waals surface area (Å²) in [4.78, 5) is 13.2. The van der Waals surface area contributed by atoms with E-state index in [0.717, 1.165) is 24.1 Å². The van der Waals surface area contributed by atoms with Gasteiger partial charge in [-0.05, 0) is 49.8 Å². The van der Waals surface area contributed by atoms with Crippen LogP contribution < -0.4 is 10.1 Å². The lowest BCUT2D eigenvalue weighted by atomic mass is 9.66. The summed E-state index contributed by atoms with van der Waals surface area (Å²) in [5, 5.41) is 3.10. The lowest BCUT2D eigenvalue weighted by Crippen LogP contribution is -2.52. The third-order valence-corrected chi connectivity index (χ3v) is 7.17. The molecule has 4 rings (SSSR count). The van der Waals surface area contributed by atoms with Gasteiger partial charge in [-0.2, -0.15) is 0 Å². The van der Waals surface area contributed by atoms with Crippen LogP contribution in [0.2, 0.25) is 0 Å². The van der Waals surface area contributed by atoms with Gasteiger partial charge in [-0.1, -0.05) is 19.9 Å². The van der Waals surface area contributed by atoms with Crippen molar-refractivity contribution in [2.24, 2.45) is 16.7 Å². The third-order valence-electron chi connectivity index (χ3n) is 7.17. The van der Waals surface area contributed by atoms with Crippen LogP contribution in [0.5, 0.6) is 5.75 Å². The minimum absolute atomic E-state index is 0.00479. The van der Waals surface area contributed by atoms with Gasteiger partial charge in [0.2, 0.25) is 0 Å². The maximum Gasteiger partial charge on any atom is 0.257 e. The fraction of sp³-hybridized carbons (Fsp3) is 0.632. The van der Waals surface area contributed by atoms with Crippen LogP contribution in [0.1, 0.15) is 38.7 Å². The smallest absolute Gasteiger partial charge is 0.257 e. The Bertz CT molecular complexity index is 687. The molecule has 0 aromatic heterocycles. The molecule has 2 aliphatic carbocycles. The van der Waals surface area contributed by atoms with Gasteiger partial charge in [-0.3, -0.25) is 4.79 Å². The van der Waals surface area contributed by atoms with Crippen molar-refractivity contribution in [3.05, 3.63) is 23.8 Å². The maximum atomic E-state index is 13.2. The number of anilines is 1. The Morgan fingerprint density at radius 2 is 2.17 bits per heavy atom. The summed E-state index contributed by atoms with van der Waals surface area (Å²) in [5.74, 6) is 1.29. The summed E-state index contributed by atoms with van der Waals surface area (Å²) in [7, 11) is 1.63. The van der Waals surface area contributed by atoms with Crippen LogP contribution in [0, 0.1) is 23.7 Å². The summed E-state index contributed by atoms with van der Waals surface area (Å²) in [6, 6.07) is 5.83. The van der Waals surface area contributed by atoms with Crippen molar-refractivity contribution >= 4 is 11.6 Å². The van der Waals surface area contributed by atoms with E-state index in [4.69, 9.17) is 9.47 Å². The molecule has 4 atom stereocenters. The molecule has 3 fully saturated rings. The highest BCUT2D eigenvalue weighted by molar-refractivity contribution is 6.00. The molecule has 23 heavy (non-hydrogen) atoms. The molecule has 4 bridgehead atoms. The quantitative estimate of drug-likeness (QED) is 0.928. The second kappa shape index (κ2) is 4.50. The normalized spacial score (nSPS) is 40.4. The van der Waals surface area contributed by atoms with Crippen molar-refractivity contribution in [1.29, 1.82) is 0 Å². The first-order chi connectivity index (χ1) is 10.9. The molecule has 1 amide bonds. The summed E-state index contributed by atoms with van der Waals surface area (Å²) < 4.78 is 11.6. The number of nitrogens with one attached hydrogen (secondary N) is 1. The van der Waals surface area contributed by atoms with Gasteiger partial charge < -0.3 is 14.8 Å². The molecule has 1 heterocycles. The van der Waals surface area contributed by atoms with Gasteiger partial charge in [0.25, 0.3) is 5.91 Å². The highest BCUT2D eigenvalue weighted by Crippen LogP contribution is 2.75. The Morgan fingerprint density at radius 1 is 1.39 bits per heavy atom. The second-order valence-corrected chi connectivity index (χ2v) is 7.96. The molecular formula is C19H25NO3. The van der Waals surface area contributed by atoms with Gasteiger partial charge in [-0.15, -0.1) is 0 Å². The number of aryl methyl sites for hydroxylation is 1. The maximum absolute atomic E-state index is 13.2. The van der Waals surface area contributed by atoms with Crippen LogP contribution in [0.15, 0.2) is 18.2 Å². The largest absolute Gasteiger partial charge is 0.495 e. The topological polar surface area (TPSA) is 47.6 Å². The van der Waals surface area contributed by atoms with E-state index in [-0.39, 0.29) is 16.7 Å². The van der Waals surface area contributed by atoms with Crippen molar-refractivity contribution in [1.82, 2.24) is 0 Å². The standard InChI is InChI=1S/C19H25NO3/c1-12-5-6-15(22-4)14(9-12)20-16(21)19-10-13-7-8-18(19,3)17(13,2)11-23-19/h5-6,9,13H,7-8,10-11H2,1-4H3,(H,20,21). The Kier molecular flexibility index (Phi) is 2.94. The zero-order valence-electron chi connectivity index (χ0n) is 14.4. The van der Waals surface area contributed by atoms with Gasteiger partial charge in [0.05, 0.1) is 19.4 Å². The molecule has 1 N–H and O–H groups in total. The van der Waals surface area contributed by atoms with Crippen molar-refractivity contribution in [3.8, 4) is 5.75 Å². The number of ether oxygens (including phenoxy) is 2. The van der Waals surface area contributed by atoms with Gasteiger partial charge in [0.1, 0.15) is 5.75 Å². The first-order valence-electron chi connectivity index (χ1n) is 8.46. The van der Waals surface area contributed by atoms with E-state index < -0.39 is 5.60 Å². The van der Waals surface area contributed by atoms with Crippen molar-refractivity contribution in [2.45, 2.75) is 45.6 Å². The number of carbonyl (C=O) groups is 1. The average molecular weight is 315 g/mol. The third kappa shape index (κ3) is 1.63. The van der Waals surface area contributed by atoms with E-state index in [1.54, 1.807) is 7.11 Å². The number of hydrogen-bond acceptors (Lipinski definition) is 3. The molecule has 0 radical (unpaired) electrons. The van der Waals surface area contributed by atoms with Gasteiger partial charge in [-0.25, -0.2) is 0 Å². The van der Waals surface area contributed by atoms with Crippen LogP contribution in [0.25, 0.3) is 0 Å². The van der Waals surface area contributed by atoms with E-state index in [1.807, 2.05) is 25.1 Å². The second-order valence-electron chi connectivity index (χ2n) is 7.96. The summed E-state index contributed by atoms with van der Waals surface area (Å²) in [6.07, 6.45) is 3.14. The first kappa shape index (κ1) is 15.0. The minimum Gasteiger partial charge on any atom is -0.495 e. The monoisotopic (exact) mass is 315 g/mol. The molecule has 1 aromatic carbocycles. The van der Waals surface area contributed by atoms with E-state index in [1.165, 1.54) is 6.42 Å². The number of carbonyl (C=O) groups excluding carboxylic acids is 1. The molecule has 4 unspecified atom stereocenters. The molecule has 2 saturated carbocycles. The van der Waals surface area contributed by atoms with E-state index in [9.17, 15) is 4.79 Å². The SMILES string of the molecule is COc1ccc(C)cc1NC(=O)C12CC3CCC1(C)C3(C)CO2. The zero-order valence-corrected chi connectivity index (χ0v) is 14.4. The molecular weight excluding hydrogens is 290 g/mol. The minimum atomic E-state index is -0.681. The number of amides is 1. The fourth-order valence-corrected chi connectivity index (χ4v) is 5.40. The number of hydrogen-bond donors (Lipinski definition) is 1. The predicted octanol–water partition coefficient (Wildman–Crippen LogP) is 3.54. The lowest BCUT2D eigenvalue weighted by Gasteiger charge is -2.40. The van der Waals surface area contributed by atoms with Crippen LogP contribution >= 0.6 is 0 Å². The Morgan fingerprint density at radius 3 is 2.83 bits per heavy atom. The van der Waals surface area contributed by atoms with Gasteiger partial charge >= 0.3 is 0 Å². The molecule has 124 valence electrons. The zero-order chi connectivity index (χ0) is 16.5. The van der Waals surface area contributed by atoms with E-state index >= 15 is 0 Å². The van der Waals surface area contributed by atoms with Crippen LogP contribution in [0.3, 0.4) is 0 Å². The van der Waals surface area contributed by atoms with Crippen LogP contribution in [-0.4, -0.2) is 25.2 Å². The number of benzene rings is 1. The van der Waals surface area contributed by atoms with Gasteiger partial charge in [0, 0.05) is 10.8 Å². The molecule has 4 heteroatoms. The Hall–Kier alpha value is -1.55. The number of rotatable bonds is 3. The lowest BCUT2D eigenvalue weighted by molar-refractivity contribution is -0.149. The van der Waals surface area contributed by atoms with Crippen LogP contribution in [0.4, 0.5) is 5.69 Å². The number of methoxy groups -OCH3 is 1. The highest BCUT2D eigenvalue weighted by Gasteiger charge is 2.78.